The summed E-state index contributed by atoms with van der Waals surface area (Å²) >= 11 is 0. The molecule has 1 fully saturated rings. The molecule has 0 unspecified atom stereocenters. The van der Waals surface area contributed by atoms with Crippen LogP contribution < -0.4 is 16.0 Å². The Hall–Kier alpha value is -2.13. The first-order valence-corrected chi connectivity index (χ1v) is 9.81. The van der Waals surface area contributed by atoms with Crippen LogP contribution in [0.15, 0.2) is 41.5 Å². The summed E-state index contributed by atoms with van der Waals surface area (Å²) in [6.07, 6.45) is 1.74. The summed E-state index contributed by atoms with van der Waals surface area (Å²) in [6, 6.07) is 5.72. The predicted octanol–water partition coefficient (Wildman–Crippen LogP) is 0.0138. The van der Waals surface area contributed by atoms with E-state index in [1.54, 1.807) is 6.20 Å². The van der Waals surface area contributed by atoms with Gasteiger partial charge < -0.3 is 16.0 Å². The van der Waals surface area contributed by atoms with Crippen LogP contribution in [0, 0.1) is 0 Å². The van der Waals surface area contributed by atoms with Gasteiger partial charge in [-0.3, -0.25) is 0 Å². The highest BCUT2D eigenvalue weighted by Crippen LogP contribution is 2.14. The second-order valence-electron chi connectivity index (χ2n) is 5.98. The van der Waals surface area contributed by atoms with Crippen molar-refractivity contribution in [1.82, 2.24) is 14.6 Å². The Morgan fingerprint density at radius 2 is 2.08 bits per heavy atom. The topological polar surface area (TPSA) is 104 Å². The zero-order valence-corrected chi connectivity index (χ0v) is 15.4. The van der Waals surface area contributed by atoms with Crippen LogP contribution in [-0.4, -0.2) is 68.7 Å². The van der Waals surface area contributed by atoms with E-state index in [-0.39, 0.29) is 18.3 Å². The molecule has 2 rings (SSSR count). The van der Waals surface area contributed by atoms with Crippen molar-refractivity contribution in [2.24, 2.45) is 10.7 Å². The number of pyridine rings is 1. The van der Waals surface area contributed by atoms with Gasteiger partial charge in [-0.25, -0.2) is 18.4 Å². The molecule has 1 aliphatic rings. The van der Waals surface area contributed by atoms with E-state index in [9.17, 15) is 8.42 Å². The fourth-order valence-corrected chi connectivity index (χ4v) is 3.79. The van der Waals surface area contributed by atoms with Gasteiger partial charge in [-0.05, 0) is 19.1 Å². The molecule has 2 heterocycles. The van der Waals surface area contributed by atoms with Crippen molar-refractivity contribution >= 4 is 21.8 Å². The minimum atomic E-state index is -3.32. The minimum absolute atomic E-state index is 0.0140. The number of aliphatic imine (C=N–C) groups is 1. The largest absolute Gasteiger partial charge is 0.370 e. The van der Waals surface area contributed by atoms with Crippen molar-refractivity contribution in [2.45, 2.75) is 6.92 Å². The number of piperazine rings is 1. The van der Waals surface area contributed by atoms with Gasteiger partial charge in [0, 0.05) is 38.9 Å². The molecule has 0 amide bonds. The highest BCUT2D eigenvalue weighted by Gasteiger charge is 2.26. The second-order valence-corrected chi connectivity index (χ2v) is 8.06. The molecule has 0 atom stereocenters. The van der Waals surface area contributed by atoms with Gasteiger partial charge in [0.1, 0.15) is 5.82 Å². The highest BCUT2D eigenvalue weighted by atomic mass is 32.2. The van der Waals surface area contributed by atoms with Gasteiger partial charge in [0.2, 0.25) is 10.0 Å². The molecule has 0 aromatic carbocycles. The highest BCUT2D eigenvalue weighted by molar-refractivity contribution is 7.89. The number of sulfonamides is 1. The number of nitrogens with zero attached hydrogens (tertiary/aromatic N) is 4. The van der Waals surface area contributed by atoms with E-state index in [1.165, 1.54) is 4.31 Å². The summed E-state index contributed by atoms with van der Waals surface area (Å²) in [5.41, 5.74) is 6.58. The van der Waals surface area contributed by atoms with Crippen LogP contribution in [0.1, 0.15) is 6.92 Å². The molecule has 0 aliphatic carbocycles. The molecule has 1 saturated heterocycles. The monoisotopic (exact) mass is 366 g/mol. The third-order valence-electron chi connectivity index (χ3n) is 3.79. The van der Waals surface area contributed by atoms with E-state index in [2.05, 4.69) is 26.8 Å². The molecule has 1 aromatic rings. The molecule has 3 N–H and O–H groups in total. The predicted molar refractivity (Wildman–Crippen MR) is 101 cm³/mol. The van der Waals surface area contributed by atoms with E-state index in [1.807, 2.05) is 25.1 Å². The summed E-state index contributed by atoms with van der Waals surface area (Å²) in [5.74, 6) is 1.10. The van der Waals surface area contributed by atoms with Crippen LogP contribution in [-0.2, 0) is 10.0 Å². The number of nitrogens with two attached hydrogens (primary N) is 1. The second kappa shape index (κ2) is 8.82. The Morgan fingerprint density at radius 3 is 2.68 bits per heavy atom. The Balaban J connectivity index is 1.79. The quantitative estimate of drug-likeness (QED) is 0.400. The minimum Gasteiger partial charge on any atom is -0.370 e. The third kappa shape index (κ3) is 6.02. The Labute approximate surface area is 149 Å². The van der Waals surface area contributed by atoms with Crippen molar-refractivity contribution in [2.75, 3.05) is 49.9 Å². The molecule has 0 bridgehead atoms. The maximum Gasteiger partial charge on any atom is 0.215 e. The molecular weight excluding hydrogens is 340 g/mol. The van der Waals surface area contributed by atoms with E-state index >= 15 is 0 Å². The molecule has 9 heteroatoms. The summed E-state index contributed by atoms with van der Waals surface area (Å²) in [4.78, 5) is 10.5. The van der Waals surface area contributed by atoms with Crippen LogP contribution in [0.4, 0.5) is 5.82 Å². The van der Waals surface area contributed by atoms with Crippen molar-refractivity contribution in [3.63, 3.8) is 0 Å². The normalized spacial score (nSPS) is 16.7. The standard InChI is InChI=1S/C16H26N6O2S/c1-14(2)13-20-16(17)19-7-12-25(23,24)22-10-8-21(9-11-22)15-5-3-4-6-18-15/h3-6H,1,7-13H2,2H3,(H3,17,19,20). The van der Waals surface area contributed by atoms with Crippen LogP contribution in [0.2, 0.25) is 0 Å². The smallest absolute Gasteiger partial charge is 0.215 e. The van der Waals surface area contributed by atoms with Crippen LogP contribution in [0.3, 0.4) is 0 Å². The first-order chi connectivity index (χ1) is 11.9. The molecule has 0 spiro atoms. The van der Waals surface area contributed by atoms with Crippen LogP contribution >= 0.6 is 0 Å². The molecule has 8 nitrogen and oxygen atoms in total. The molecule has 0 saturated carbocycles. The first kappa shape index (κ1) is 19.2. The first-order valence-electron chi connectivity index (χ1n) is 8.20. The number of anilines is 1. The maximum atomic E-state index is 12.4. The Kier molecular flexibility index (Phi) is 6.77. The van der Waals surface area contributed by atoms with E-state index in [4.69, 9.17) is 5.73 Å². The van der Waals surface area contributed by atoms with Crippen LogP contribution in [0.25, 0.3) is 0 Å². The number of rotatable bonds is 7. The lowest BCUT2D eigenvalue weighted by atomic mass is 10.3. The summed E-state index contributed by atoms with van der Waals surface area (Å²) in [7, 11) is -3.32. The van der Waals surface area contributed by atoms with Gasteiger partial charge in [0.25, 0.3) is 0 Å². The lowest BCUT2D eigenvalue weighted by molar-refractivity contribution is 0.384. The number of guanidine groups is 1. The zero-order valence-electron chi connectivity index (χ0n) is 14.6. The van der Waals surface area contributed by atoms with Crippen molar-refractivity contribution in [3.05, 3.63) is 36.5 Å². The van der Waals surface area contributed by atoms with E-state index in [0.717, 1.165) is 11.4 Å². The SMILES string of the molecule is C=C(C)CN=C(N)NCCS(=O)(=O)N1CCN(c2ccccn2)CC1. The van der Waals surface area contributed by atoms with Gasteiger partial charge in [0.15, 0.2) is 5.96 Å². The van der Waals surface area contributed by atoms with E-state index < -0.39 is 10.0 Å². The maximum absolute atomic E-state index is 12.4. The molecular formula is C16H26N6O2S. The number of hydrogen-bond donors (Lipinski definition) is 2. The lowest BCUT2D eigenvalue weighted by Crippen LogP contribution is -2.50. The van der Waals surface area contributed by atoms with Gasteiger partial charge in [-0.2, -0.15) is 4.31 Å². The lowest BCUT2D eigenvalue weighted by Gasteiger charge is -2.34. The average Bonchev–Trinajstić information content (AvgIpc) is 2.61. The molecule has 0 radical (unpaired) electrons. The fraction of sp³-hybridized carbons (Fsp3) is 0.500. The van der Waals surface area contributed by atoms with Gasteiger partial charge in [-0.1, -0.05) is 18.2 Å². The number of hydrogen-bond acceptors (Lipinski definition) is 5. The molecule has 1 aromatic heterocycles. The zero-order chi connectivity index (χ0) is 18.3. The average molecular weight is 366 g/mol. The van der Waals surface area contributed by atoms with Crippen LogP contribution in [0.5, 0.6) is 0 Å². The fourth-order valence-electron chi connectivity index (χ4n) is 2.45. The molecule has 25 heavy (non-hydrogen) atoms. The number of aromatic nitrogens is 1. The summed E-state index contributed by atoms with van der Waals surface area (Å²) in [6.45, 7) is 8.42. The number of nitrogens with one attached hydrogen (secondary N) is 1. The van der Waals surface area contributed by atoms with E-state index in [0.29, 0.717) is 32.7 Å². The molecule has 1 aliphatic heterocycles. The molecule has 138 valence electrons. The van der Waals surface area contributed by atoms with Crippen molar-refractivity contribution < 1.29 is 8.42 Å². The Bertz CT molecular complexity index is 697. The van der Waals surface area contributed by atoms with Crippen molar-refractivity contribution in [1.29, 1.82) is 0 Å². The van der Waals surface area contributed by atoms with Gasteiger partial charge >= 0.3 is 0 Å². The van der Waals surface area contributed by atoms with Gasteiger partial charge in [0.05, 0.1) is 12.3 Å². The Morgan fingerprint density at radius 1 is 1.36 bits per heavy atom. The summed E-state index contributed by atoms with van der Waals surface area (Å²) < 4.78 is 26.4. The van der Waals surface area contributed by atoms with Crippen molar-refractivity contribution in [3.8, 4) is 0 Å². The summed E-state index contributed by atoms with van der Waals surface area (Å²) in [5, 5.41) is 2.83. The van der Waals surface area contributed by atoms with Gasteiger partial charge in [-0.15, -0.1) is 0 Å². The third-order valence-corrected chi connectivity index (χ3v) is 5.66.